The minimum Gasteiger partial charge on any atom is -0.207 e. The van der Waals surface area contributed by atoms with Crippen LogP contribution in [0.5, 0.6) is 0 Å². The topological polar surface area (TPSA) is 46.2 Å². The van der Waals surface area contributed by atoms with Gasteiger partial charge in [0.15, 0.2) is 0 Å². The first-order valence-electron chi connectivity index (χ1n) is 5.14. The van der Waals surface area contributed by atoms with Gasteiger partial charge in [-0.2, -0.15) is 13.2 Å². The lowest BCUT2D eigenvalue weighted by molar-refractivity contribution is -0.139. The molecule has 0 aliphatic heterocycles. The van der Waals surface area contributed by atoms with Gasteiger partial charge < -0.3 is 0 Å². The van der Waals surface area contributed by atoms with Crippen LogP contribution in [0.25, 0.3) is 0 Å². The summed E-state index contributed by atoms with van der Waals surface area (Å²) in [4.78, 5) is -0.757. The predicted octanol–water partition coefficient (Wildman–Crippen LogP) is 2.78. The Hall–Kier alpha value is -1.08. The van der Waals surface area contributed by atoms with E-state index in [2.05, 4.69) is 4.72 Å². The van der Waals surface area contributed by atoms with Gasteiger partial charge in [-0.1, -0.05) is 12.1 Å². The van der Waals surface area contributed by atoms with Gasteiger partial charge in [0.25, 0.3) is 0 Å². The van der Waals surface area contributed by atoms with Crippen molar-refractivity contribution >= 4 is 10.0 Å². The Balaban J connectivity index is 3.35. The van der Waals surface area contributed by atoms with Gasteiger partial charge in [0, 0.05) is 5.54 Å². The van der Waals surface area contributed by atoms with E-state index >= 15 is 0 Å². The Kier molecular flexibility index (Phi) is 3.78. The molecule has 0 atom stereocenters. The highest BCUT2D eigenvalue weighted by atomic mass is 32.2. The van der Waals surface area contributed by atoms with E-state index in [9.17, 15) is 21.6 Å². The lowest BCUT2D eigenvalue weighted by Crippen LogP contribution is -2.41. The number of hydrogen-bond donors (Lipinski definition) is 1. The van der Waals surface area contributed by atoms with Crippen molar-refractivity contribution in [3.8, 4) is 0 Å². The first-order valence-corrected chi connectivity index (χ1v) is 6.62. The van der Waals surface area contributed by atoms with Crippen molar-refractivity contribution < 1.29 is 21.6 Å². The third-order valence-corrected chi connectivity index (χ3v) is 3.74. The van der Waals surface area contributed by atoms with Crippen LogP contribution < -0.4 is 4.72 Å². The van der Waals surface area contributed by atoms with Gasteiger partial charge in [-0.25, -0.2) is 13.1 Å². The molecule has 1 aromatic carbocycles. The predicted molar refractivity (Wildman–Crippen MR) is 61.5 cm³/mol. The number of sulfonamides is 1. The fourth-order valence-electron chi connectivity index (χ4n) is 1.39. The van der Waals surface area contributed by atoms with Gasteiger partial charge >= 0.3 is 6.18 Å². The quantitative estimate of drug-likeness (QED) is 0.906. The molecule has 0 spiro atoms. The number of halogens is 3. The number of benzene rings is 1. The molecular formula is C11H14F3NO2S. The molecule has 0 saturated heterocycles. The molecule has 0 bridgehead atoms. The fourth-order valence-corrected chi connectivity index (χ4v) is 3.04. The smallest absolute Gasteiger partial charge is 0.207 e. The maximum atomic E-state index is 12.7. The van der Waals surface area contributed by atoms with Gasteiger partial charge in [0.05, 0.1) is 10.5 Å². The van der Waals surface area contributed by atoms with E-state index in [1.165, 1.54) is 6.07 Å². The van der Waals surface area contributed by atoms with Crippen molar-refractivity contribution in [3.05, 3.63) is 29.8 Å². The van der Waals surface area contributed by atoms with Crippen LogP contribution in [0.1, 0.15) is 26.3 Å². The molecule has 1 N–H and O–H groups in total. The van der Waals surface area contributed by atoms with Gasteiger partial charge in [-0.05, 0) is 32.9 Å². The highest BCUT2D eigenvalue weighted by Crippen LogP contribution is 2.34. The molecule has 3 nitrogen and oxygen atoms in total. The molecule has 7 heteroatoms. The van der Waals surface area contributed by atoms with Gasteiger partial charge in [-0.15, -0.1) is 0 Å². The molecule has 0 unspecified atom stereocenters. The fraction of sp³-hybridized carbons (Fsp3) is 0.455. The summed E-state index contributed by atoms with van der Waals surface area (Å²) >= 11 is 0. The SMILES string of the molecule is CC(C)(C)NS(=O)(=O)c1ccccc1C(F)(F)F. The molecule has 0 saturated carbocycles. The summed E-state index contributed by atoms with van der Waals surface area (Å²) in [6, 6.07) is 4.10. The van der Waals surface area contributed by atoms with E-state index < -0.39 is 32.2 Å². The zero-order valence-electron chi connectivity index (χ0n) is 10.2. The van der Waals surface area contributed by atoms with Crippen LogP contribution in [-0.2, 0) is 16.2 Å². The first-order chi connectivity index (χ1) is 7.93. The average molecular weight is 281 g/mol. The second-order valence-corrected chi connectivity index (χ2v) is 6.50. The van der Waals surface area contributed by atoms with Gasteiger partial charge in [-0.3, -0.25) is 0 Å². The molecule has 0 amide bonds. The highest BCUT2D eigenvalue weighted by molar-refractivity contribution is 7.89. The standard InChI is InChI=1S/C11H14F3NO2S/c1-10(2,3)15-18(16,17)9-7-5-4-6-8(9)11(12,13)14/h4-7,15H,1-3H3. The van der Waals surface area contributed by atoms with E-state index in [0.717, 1.165) is 18.2 Å². The van der Waals surface area contributed by atoms with Crippen LogP contribution in [-0.4, -0.2) is 14.0 Å². The third kappa shape index (κ3) is 3.71. The molecule has 0 fully saturated rings. The Morgan fingerprint density at radius 3 is 2.00 bits per heavy atom. The Morgan fingerprint density at radius 1 is 1.06 bits per heavy atom. The molecule has 18 heavy (non-hydrogen) atoms. The molecule has 1 rings (SSSR count). The largest absolute Gasteiger partial charge is 0.417 e. The first kappa shape index (κ1) is 15.0. The average Bonchev–Trinajstić information content (AvgIpc) is 2.12. The molecular weight excluding hydrogens is 267 g/mol. The van der Waals surface area contributed by atoms with Crippen LogP contribution in [0.3, 0.4) is 0 Å². The zero-order chi connectivity index (χ0) is 14.2. The number of alkyl halides is 3. The summed E-state index contributed by atoms with van der Waals surface area (Å²) in [5.41, 5.74) is -2.01. The van der Waals surface area contributed by atoms with Gasteiger partial charge in [0.2, 0.25) is 10.0 Å². The molecule has 102 valence electrons. The number of nitrogens with one attached hydrogen (secondary N) is 1. The van der Waals surface area contributed by atoms with Crippen molar-refractivity contribution in [2.45, 2.75) is 37.4 Å². The van der Waals surface area contributed by atoms with Crippen molar-refractivity contribution in [3.63, 3.8) is 0 Å². The van der Waals surface area contributed by atoms with E-state index in [1.807, 2.05) is 0 Å². The van der Waals surface area contributed by atoms with Crippen LogP contribution in [0.4, 0.5) is 13.2 Å². The van der Waals surface area contributed by atoms with Crippen LogP contribution in [0.2, 0.25) is 0 Å². The lowest BCUT2D eigenvalue weighted by atomic mass is 10.1. The zero-order valence-corrected chi connectivity index (χ0v) is 11.0. The maximum Gasteiger partial charge on any atom is 0.417 e. The molecule has 0 aliphatic rings. The summed E-state index contributed by atoms with van der Waals surface area (Å²) in [6.45, 7) is 4.67. The highest BCUT2D eigenvalue weighted by Gasteiger charge is 2.37. The van der Waals surface area contributed by atoms with Crippen molar-refractivity contribution in [2.75, 3.05) is 0 Å². The number of rotatable bonds is 2. The summed E-state index contributed by atoms with van der Waals surface area (Å²) in [6.07, 6.45) is -4.71. The molecule has 1 aromatic rings. The normalized spacial score (nSPS) is 13.7. The van der Waals surface area contributed by atoms with Crippen LogP contribution in [0, 0.1) is 0 Å². The molecule has 0 aromatic heterocycles. The third-order valence-electron chi connectivity index (χ3n) is 1.92. The summed E-state index contributed by atoms with van der Waals surface area (Å²) in [5.74, 6) is 0. The van der Waals surface area contributed by atoms with Crippen molar-refractivity contribution in [1.82, 2.24) is 4.72 Å². The minimum atomic E-state index is -4.71. The second-order valence-electron chi connectivity index (χ2n) is 4.85. The van der Waals surface area contributed by atoms with E-state index in [4.69, 9.17) is 0 Å². The van der Waals surface area contributed by atoms with Crippen molar-refractivity contribution in [1.29, 1.82) is 0 Å². The summed E-state index contributed by atoms with van der Waals surface area (Å²) < 4.78 is 64.2. The summed E-state index contributed by atoms with van der Waals surface area (Å²) in [7, 11) is -4.20. The van der Waals surface area contributed by atoms with Crippen molar-refractivity contribution in [2.24, 2.45) is 0 Å². The lowest BCUT2D eigenvalue weighted by Gasteiger charge is -2.22. The summed E-state index contributed by atoms with van der Waals surface area (Å²) in [5, 5.41) is 0. The van der Waals surface area contributed by atoms with Crippen LogP contribution in [0.15, 0.2) is 29.2 Å². The minimum absolute atomic E-state index is 0.747. The second kappa shape index (κ2) is 4.55. The van der Waals surface area contributed by atoms with Crippen LogP contribution >= 0.6 is 0 Å². The Bertz CT molecular complexity index is 530. The molecule has 0 aliphatic carbocycles. The monoisotopic (exact) mass is 281 g/mol. The van der Waals surface area contributed by atoms with E-state index in [0.29, 0.717) is 0 Å². The van der Waals surface area contributed by atoms with E-state index in [1.54, 1.807) is 20.8 Å². The van der Waals surface area contributed by atoms with Gasteiger partial charge in [0.1, 0.15) is 0 Å². The Morgan fingerprint density at radius 2 is 1.56 bits per heavy atom. The molecule has 0 heterocycles. The maximum absolute atomic E-state index is 12.7. The molecule has 0 radical (unpaired) electrons. The van der Waals surface area contributed by atoms with E-state index in [-0.39, 0.29) is 0 Å². The number of hydrogen-bond acceptors (Lipinski definition) is 2. The Labute approximate surface area is 104 Å².